The Kier molecular flexibility index (Phi) is 4.56. The molecule has 1 aromatic heterocycles. The smallest absolute Gasteiger partial charge is 0.338 e. The molecule has 2 heterocycles. The number of carbonyl (C=O) groups excluding carboxylic acids is 2. The van der Waals surface area contributed by atoms with Crippen molar-refractivity contribution in [2.45, 2.75) is 26.5 Å². The fourth-order valence-corrected chi connectivity index (χ4v) is 2.83. The second-order valence-corrected chi connectivity index (χ2v) is 6.21. The van der Waals surface area contributed by atoms with Gasteiger partial charge in [0.25, 0.3) is 5.91 Å². The summed E-state index contributed by atoms with van der Waals surface area (Å²) in [5.74, 6) is 0.107. The van der Waals surface area contributed by atoms with Crippen LogP contribution in [0.25, 0.3) is 11.0 Å². The summed E-state index contributed by atoms with van der Waals surface area (Å²) in [5, 5.41) is 10.7. The minimum Gasteiger partial charge on any atom is -0.454 e. The van der Waals surface area contributed by atoms with Crippen molar-refractivity contribution in [1.29, 1.82) is 0 Å². The highest BCUT2D eigenvalue weighted by atomic mass is 16.7. The predicted octanol–water partition coefficient (Wildman–Crippen LogP) is 2.36. The van der Waals surface area contributed by atoms with E-state index in [-0.39, 0.29) is 6.79 Å². The first kappa shape index (κ1) is 17.8. The molecule has 0 saturated heterocycles. The van der Waals surface area contributed by atoms with Crippen LogP contribution in [0, 0.1) is 0 Å². The Morgan fingerprint density at radius 1 is 1.21 bits per heavy atom. The molecule has 1 aliphatic heterocycles. The van der Waals surface area contributed by atoms with Crippen LogP contribution in [-0.2, 0) is 16.1 Å². The third kappa shape index (κ3) is 3.34. The van der Waals surface area contributed by atoms with E-state index >= 15 is 0 Å². The van der Waals surface area contributed by atoms with E-state index in [0.717, 1.165) is 5.52 Å². The molecule has 9 heteroatoms. The van der Waals surface area contributed by atoms with E-state index < -0.39 is 18.0 Å². The molecule has 0 spiro atoms. The fraction of sp³-hybridized carbons (Fsp3) is 0.263. The van der Waals surface area contributed by atoms with Crippen molar-refractivity contribution < 1.29 is 23.8 Å². The average molecular weight is 382 g/mol. The molecule has 1 atom stereocenters. The monoisotopic (exact) mass is 382 g/mol. The molecule has 0 fully saturated rings. The first-order chi connectivity index (χ1) is 13.5. The summed E-state index contributed by atoms with van der Waals surface area (Å²) < 4.78 is 17.5. The van der Waals surface area contributed by atoms with Gasteiger partial charge in [0.2, 0.25) is 6.79 Å². The highest BCUT2D eigenvalue weighted by Crippen LogP contribution is 2.34. The van der Waals surface area contributed by atoms with Crippen LogP contribution in [0.3, 0.4) is 0 Å². The molecule has 28 heavy (non-hydrogen) atoms. The maximum atomic E-state index is 12.4. The highest BCUT2D eigenvalue weighted by Gasteiger charge is 2.21. The molecule has 0 bridgehead atoms. The molecule has 1 amide bonds. The quantitative estimate of drug-likeness (QED) is 0.676. The van der Waals surface area contributed by atoms with Gasteiger partial charge in [0.05, 0.1) is 11.1 Å². The van der Waals surface area contributed by atoms with Crippen molar-refractivity contribution in [2.75, 3.05) is 12.1 Å². The van der Waals surface area contributed by atoms with Crippen molar-refractivity contribution in [1.82, 2.24) is 15.0 Å². The molecule has 1 N–H and O–H groups in total. The lowest BCUT2D eigenvalue weighted by molar-refractivity contribution is -0.123. The van der Waals surface area contributed by atoms with Crippen LogP contribution in [0.4, 0.5) is 5.69 Å². The SMILES string of the molecule is CCn1nnc2cc(C(=O)OC(C)C(=O)Nc3ccc4c(c3)OCO4)ccc21. The predicted molar refractivity (Wildman–Crippen MR) is 99.3 cm³/mol. The Morgan fingerprint density at radius 3 is 2.86 bits per heavy atom. The summed E-state index contributed by atoms with van der Waals surface area (Å²) in [6.45, 7) is 4.29. The van der Waals surface area contributed by atoms with Gasteiger partial charge in [0, 0.05) is 18.3 Å². The first-order valence-corrected chi connectivity index (χ1v) is 8.80. The molecule has 1 aliphatic rings. The number of esters is 1. The van der Waals surface area contributed by atoms with Crippen LogP contribution >= 0.6 is 0 Å². The Hall–Kier alpha value is -3.62. The largest absolute Gasteiger partial charge is 0.454 e. The number of rotatable bonds is 5. The van der Waals surface area contributed by atoms with E-state index in [9.17, 15) is 9.59 Å². The zero-order chi connectivity index (χ0) is 19.7. The molecule has 0 aliphatic carbocycles. The zero-order valence-electron chi connectivity index (χ0n) is 15.3. The number of benzene rings is 2. The maximum Gasteiger partial charge on any atom is 0.338 e. The lowest BCUT2D eigenvalue weighted by Gasteiger charge is -2.14. The van der Waals surface area contributed by atoms with Crippen LogP contribution in [-0.4, -0.2) is 39.8 Å². The number of fused-ring (bicyclic) bond motifs is 2. The van der Waals surface area contributed by atoms with Crippen LogP contribution in [0.15, 0.2) is 36.4 Å². The lowest BCUT2D eigenvalue weighted by Crippen LogP contribution is -2.30. The molecule has 144 valence electrons. The molecule has 4 rings (SSSR count). The number of ether oxygens (including phenoxy) is 3. The number of aryl methyl sites for hydroxylation is 1. The zero-order valence-corrected chi connectivity index (χ0v) is 15.3. The number of amides is 1. The normalized spacial score (nSPS) is 13.4. The standard InChI is InChI=1S/C19H18N4O5/c1-3-23-15-6-4-12(8-14(15)21-22-23)19(25)28-11(2)18(24)20-13-5-7-16-17(9-13)27-10-26-16/h4-9,11H,3,10H2,1-2H3,(H,20,24). The maximum absolute atomic E-state index is 12.4. The number of hydrogen-bond donors (Lipinski definition) is 1. The van der Waals surface area contributed by atoms with Gasteiger partial charge in [0.15, 0.2) is 17.6 Å². The lowest BCUT2D eigenvalue weighted by atomic mass is 10.2. The van der Waals surface area contributed by atoms with Gasteiger partial charge in [-0.05, 0) is 44.2 Å². The molecule has 0 radical (unpaired) electrons. The second-order valence-electron chi connectivity index (χ2n) is 6.21. The average Bonchev–Trinajstić information content (AvgIpc) is 3.33. The van der Waals surface area contributed by atoms with Crippen molar-refractivity contribution in [2.24, 2.45) is 0 Å². The van der Waals surface area contributed by atoms with E-state index in [1.165, 1.54) is 6.92 Å². The minimum absolute atomic E-state index is 0.150. The van der Waals surface area contributed by atoms with Gasteiger partial charge < -0.3 is 19.5 Å². The van der Waals surface area contributed by atoms with Gasteiger partial charge in [-0.3, -0.25) is 4.79 Å². The summed E-state index contributed by atoms with van der Waals surface area (Å²) in [7, 11) is 0. The van der Waals surface area contributed by atoms with E-state index in [4.69, 9.17) is 14.2 Å². The van der Waals surface area contributed by atoms with Gasteiger partial charge in [-0.2, -0.15) is 0 Å². The third-order valence-corrected chi connectivity index (χ3v) is 4.34. The van der Waals surface area contributed by atoms with Crippen molar-refractivity contribution in [3.05, 3.63) is 42.0 Å². The van der Waals surface area contributed by atoms with Crippen molar-refractivity contribution >= 4 is 28.6 Å². The minimum atomic E-state index is -0.986. The van der Waals surface area contributed by atoms with Crippen LogP contribution in [0.2, 0.25) is 0 Å². The van der Waals surface area contributed by atoms with Crippen molar-refractivity contribution in [3.63, 3.8) is 0 Å². The van der Waals surface area contributed by atoms with E-state index in [2.05, 4.69) is 15.6 Å². The number of aromatic nitrogens is 3. The number of nitrogens with one attached hydrogen (secondary N) is 1. The van der Waals surface area contributed by atoms with Gasteiger partial charge in [-0.15, -0.1) is 5.10 Å². The molecular formula is C19H18N4O5. The highest BCUT2D eigenvalue weighted by molar-refractivity contribution is 5.98. The van der Waals surface area contributed by atoms with Gasteiger partial charge in [-0.25, -0.2) is 9.48 Å². The van der Waals surface area contributed by atoms with Gasteiger partial charge >= 0.3 is 5.97 Å². The Morgan fingerprint density at radius 2 is 2.04 bits per heavy atom. The number of nitrogens with zero attached hydrogens (tertiary/aromatic N) is 3. The number of hydrogen-bond acceptors (Lipinski definition) is 7. The molecule has 2 aromatic carbocycles. The summed E-state index contributed by atoms with van der Waals surface area (Å²) in [6, 6.07) is 10.0. The Balaban J connectivity index is 1.41. The summed E-state index contributed by atoms with van der Waals surface area (Å²) in [6.07, 6.45) is -0.986. The summed E-state index contributed by atoms with van der Waals surface area (Å²) >= 11 is 0. The summed E-state index contributed by atoms with van der Waals surface area (Å²) in [5.41, 5.74) is 2.24. The van der Waals surface area contributed by atoms with E-state index in [1.807, 2.05) is 6.92 Å². The third-order valence-electron chi connectivity index (χ3n) is 4.34. The summed E-state index contributed by atoms with van der Waals surface area (Å²) in [4.78, 5) is 24.7. The van der Waals surface area contributed by atoms with E-state index in [1.54, 1.807) is 41.1 Å². The molecule has 1 unspecified atom stereocenters. The van der Waals surface area contributed by atoms with Crippen molar-refractivity contribution in [3.8, 4) is 11.5 Å². The van der Waals surface area contributed by atoms with Gasteiger partial charge in [0.1, 0.15) is 5.52 Å². The van der Waals surface area contributed by atoms with E-state index in [0.29, 0.717) is 34.8 Å². The topological polar surface area (TPSA) is 105 Å². The molecule has 3 aromatic rings. The Bertz CT molecular complexity index is 1060. The Labute approximate surface area is 160 Å². The fourth-order valence-electron chi connectivity index (χ4n) is 2.83. The van der Waals surface area contributed by atoms with Crippen LogP contribution in [0.5, 0.6) is 11.5 Å². The second kappa shape index (κ2) is 7.18. The first-order valence-electron chi connectivity index (χ1n) is 8.80. The molecule has 0 saturated carbocycles. The molecule has 9 nitrogen and oxygen atoms in total. The van der Waals surface area contributed by atoms with Gasteiger partial charge in [-0.1, -0.05) is 5.21 Å². The number of carbonyl (C=O) groups is 2. The number of anilines is 1. The molecular weight excluding hydrogens is 364 g/mol. The van der Waals surface area contributed by atoms with Crippen LogP contribution in [0.1, 0.15) is 24.2 Å². The van der Waals surface area contributed by atoms with Crippen LogP contribution < -0.4 is 14.8 Å².